The Bertz CT molecular complexity index is 1400. The van der Waals surface area contributed by atoms with Crippen molar-refractivity contribution < 1.29 is 23.5 Å². The van der Waals surface area contributed by atoms with Crippen molar-refractivity contribution in [1.82, 2.24) is 5.32 Å². The summed E-state index contributed by atoms with van der Waals surface area (Å²) in [5.74, 6) is -0.923. The topological polar surface area (TPSA) is 73.9 Å². The second-order valence-electron chi connectivity index (χ2n) is 11.6. The summed E-state index contributed by atoms with van der Waals surface area (Å²) in [6.45, 7) is 8.62. The van der Waals surface area contributed by atoms with Crippen molar-refractivity contribution in [2.45, 2.75) is 57.6 Å². The van der Waals surface area contributed by atoms with Crippen LogP contribution in [0, 0.1) is 0 Å². The van der Waals surface area contributed by atoms with Crippen LogP contribution in [0.25, 0.3) is 0 Å². The number of hydrogen-bond donors (Lipinski definition) is 1. The average Bonchev–Trinajstić information content (AvgIpc) is 3.03. The Hall–Kier alpha value is -4.04. The minimum atomic E-state index is -3.04. The molecule has 6 nitrogen and oxygen atoms in total. The van der Waals surface area contributed by atoms with Gasteiger partial charge in [0, 0.05) is 5.56 Å². The number of carbonyl (C=O) groups is 2. The highest BCUT2D eigenvalue weighted by Gasteiger charge is 2.52. The highest BCUT2D eigenvalue weighted by molar-refractivity contribution is 6.99. The molecule has 3 atom stereocenters. The Balaban J connectivity index is 1.80. The van der Waals surface area contributed by atoms with Gasteiger partial charge in [0.2, 0.25) is 0 Å². The van der Waals surface area contributed by atoms with Crippen LogP contribution in [0.3, 0.4) is 0 Å². The zero-order chi connectivity index (χ0) is 30.9. The largest absolute Gasteiger partial charge is 0.467 e. The van der Waals surface area contributed by atoms with E-state index in [9.17, 15) is 9.59 Å². The number of amides is 1. The fourth-order valence-corrected chi connectivity index (χ4v) is 10.2. The van der Waals surface area contributed by atoms with Crippen LogP contribution in [-0.2, 0) is 25.3 Å². The van der Waals surface area contributed by atoms with E-state index >= 15 is 0 Å². The van der Waals surface area contributed by atoms with Crippen molar-refractivity contribution in [3.63, 3.8) is 0 Å². The molecule has 0 aliphatic carbocycles. The molecule has 4 rings (SSSR count). The minimum absolute atomic E-state index is 0.157. The molecule has 0 spiro atoms. The Kier molecular flexibility index (Phi) is 10.7. The quantitative estimate of drug-likeness (QED) is 0.173. The Labute approximate surface area is 256 Å². The maximum Gasteiger partial charge on any atom is 0.337 e. The summed E-state index contributed by atoms with van der Waals surface area (Å²) in [7, 11) is -1.72. The lowest BCUT2D eigenvalue weighted by molar-refractivity contribution is -0.159. The van der Waals surface area contributed by atoms with Gasteiger partial charge in [0.1, 0.15) is 0 Å². The third-order valence-electron chi connectivity index (χ3n) is 7.65. The molecule has 0 aromatic heterocycles. The first kappa shape index (κ1) is 31.9. The molecule has 4 aromatic carbocycles. The lowest BCUT2D eigenvalue weighted by Crippen LogP contribution is -2.69. The van der Waals surface area contributed by atoms with E-state index in [0.717, 1.165) is 15.9 Å². The summed E-state index contributed by atoms with van der Waals surface area (Å²) < 4.78 is 18.8. The molecule has 0 aliphatic heterocycles. The molecule has 7 heteroatoms. The summed E-state index contributed by atoms with van der Waals surface area (Å²) in [6.07, 6.45) is -1.79. The van der Waals surface area contributed by atoms with E-state index in [1.807, 2.05) is 79.7 Å². The normalized spacial score (nSPS) is 13.9. The number of hydrogen-bond acceptors (Lipinski definition) is 5. The first-order valence-electron chi connectivity index (χ1n) is 14.6. The minimum Gasteiger partial charge on any atom is -0.467 e. The maximum atomic E-state index is 13.6. The summed E-state index contributed by atoms with van der Waals surface area (Å²) in [5, 5.41) is 4.96. The number of carbonyl (C=O) groups excluding carboxylic acids is 2. The molecular weight excluding hydrogens is 554 g/mol. The highest BCUT2D eigenvalue weighted by atomic mass is 28.4. The number of nitrogens with one attached hydrogen (secondary N) is 1. The van der Waals surface area contributed by atoms with Crippen molar-refractivity contribution in [3.05, 3.63) is 132 Å². The van der Waals surface area contributed by atoms with Crippen molar-refractivity contribution >= 4 is 30.6 Å². The van der Waals surface area contributed by atoms with E-state index in [0.29, 0.717) is 5.56 Å². The van der Waals surface area contributed by atoms with Crippen LogP contribution in [0.5, 0.6) is 0 Å². The highest BCUT2D eigenvalue weighted by Crippen LogP contribution is 2.38. The number of esters is 1. The van der Waals surface area contributed by atoms with Gasteiger partial charge in [0.25, 0.3) is 14.2 Å². The molecule has 1 amide bonds. The van der Waals surface area contributed by atoms with E-state index in [1.165, 1.54) is 7.11 Å². The van der Waals surface area contributed by atoms with Crippen LogP contribution in [0.15, 0.2) is 121 Å². The van der Waals surface area contributed by atoms with Crippen molar-refractivity contribution in [3.8, 4) is 0 Å². The van der Waals surface area contributed by atoms with Gasteiger partial charge in [0.05, 0.1) is 25.9 Å². The van der Waals surface area contributed by atoms with Gasteiger partial charge in [-0.15, -0.1) is 0 Å². The van der Waals surface area contributed by atoms with E-state index in [2.05, 4.69) is 50.4 Å². The van der Waals surface area contributed by atoms with E-state index < -0.39 is 32.5 Å². The van der Waals surface area contributed by atoms with Gasteiger partial charge in [-0.1, -0.05) is 130 Å². The summed E-state index contributed by atoms with van der Waals surface area (Å²) in [6, 6.07) is 38.2. The molecule has 0 bridgehead atoms. The Morgan fingerprint density at radius 1 is 0.744 bits per heavy atom. The predicted octanol–water partition coefficient (Wildman–Crippen LogP) is 5.51. The second kappa shape index (κ2) is 14.4. The van der Waals surface area contributed by atoms with Gasteiger partial charge < -0.3 is 19.2 Å². The van der Waals surface area contributed by atoms with E-state index in [4.69, 9.17) is 13.9 Å². The van der Waals surface area contributed by atoms with Gasteiger partial charge in [0.15, 0.2) is 6.10 Å². The summed E-state index contributed by atoms with van der Waals surface area (Å²) in [4.78, 5) is 26.9. The molecule has 0 aliphatic rings. The molecule has 0 fully saturated rings. The van der Waals surface area contributed by atoms with E-state index in [-0.39, 0.29) is 17.6 Å². The van der Waals surface area contributed by atoms with Crippen molar-refractivity contribution in [1.29, 1.82) is 0 Å². The lowest BCUT2D eigenvalue weighted by atomic mass is 10.0. The number of methoxy groups -OCH3 is 1. The zero-order valence-corrected chi connectivity index (χ0v) is 26.5. The third kappa shape index (κ3) is 7.49. The van der Waals surface area contributed by atoms with Gasteiger partial charge >= 0.3 is 5.97 Å². The Morgan fingerprint density at radius 2 is 1.21 bits per heavy atom. The molecule has 43 heavy (non-hydrogen) atoms. The van der Waals surface area contributed by atoms with Crippen molar-refractivity contribution in [2.75, 3.05) is 7.11 Å². The standard InChI is InChI=1S/C36H41NO5Si/c1-27(42-43(36(2,3)4,30-22-14-8-15-23-30)31-24-16-9-17-25-31)32(37-34(38)29-20-12-7-13-21-29)33(35(39)40-5)41-26-28-18-10-6-11-19-28/h6-25,27,32-33H,26H2,1-5H3,(H,37,38)/t27-,32+,33-/m0/s1. The van der Waals surface area contributed by atoms with Gasteiger partial charge in [-0.3, -0.25) is 4.79 Å². The van der Waals surface area contributed by atoms with Crippen LogP contribution >= 0.6 is 0 Å². The number of benzene rings is 4. The number of rotatable bonds is 12. The molecule has 4 aromatic rings. The van der Waals surface area contributed by atoms with Crippen LogP contribution in [0.2, 0.25) is 5.04 Å². The van der Waals surface area contributed by atoms with Crippen molar-refractivity contribution in [2.24, 2.45) is 0 Å². The molecule has 0 heterocycles. The van der Waals surface area contributed by atoms with Gasteiger partial charge in [-0.05, 0) is 40.0 Å². The average molecular weight is 596 g/mol. The molecule has 0 radical (unpaired) electrons. The number of ether oxygens (including phenoxy) is 2. The fraction of sp³-hybridized carbons (Fsp3) is 0.278. The zero-order valence-electron chi connectivity index (χ0n) is 25.5. The van der Waals surface area contributed by atoms with Crippen LogP contribution in [-0.4, -0.2) is 45.6 Å². The molecule has 0 saturated heterocycles. The van der Waals surface area contributed by atoms with Crippen LogP contribution < -0.4 is 15.7 Å². The van der Waals surface area contributed by atoms with Crippen LogP contribution in [0.1, 0.15) is 43.6 Å². The Morgan fingerprint density at radius 3 is 1.67 bits per heavy atom. The smallest absolute Gasteiger partial charge is 0.337 e. The molecule has 224 valence electrons. The first-order valence-corrected chi connectivity index (χ1v) is 16.5. The van der Waals surface area contributed by atoms with Gasteiger partial charge in [-0.2, -0.15) is 0 Å². The molecule has 1 N–H and O–H groups in total. The summed E-state index contributed by atoms with van der Waals surface area (Å²) in [5.41, 5.74) is 1.36. The second-order valence-corrected chi connectivity index (χ2v) is 15.8. The van der Waals surface area contributed by atoms with Gasteiger partial charge in [-0.25, -0.2) is 4.79 Å². The summed E-state index contributed by atoms with van der Waals surface area (Å²) >= 11 is 0. The van der Waals surface area contributed by atoms with Crippen LogP contribution in [0.4, 0.5) is 0 Å². The molecule has 0 unspecified atom stereocenters. The SMILES string of the molecule is COC(=O)[C@@H](OCc1ccccc1)[C@H](NC(=O)c1ccccc1)[C@H](C)O[Si](c1ccccc1)(c1ccccc1)C(C)(C)C. The fourth-order valence-electron chi connectivity index (χ4n) is 5.50. The monoisotopic (exact) mass is 595 g/mol. The molecular formula is C36H41NO5Si. The maximum absolute atomic E-state index is 13.6. The van der Waals surface area contributed by atoms with E-state index in [1.54, 1.807) is 24.3 Å². The third-order valence-corrected chi connectivity index (χ3v) is 12.8. The molecule has 0 saturated carbocycles. The predicted molar refractivity (Wildman–Crippen MR) is 173 cm³/mol. The lowest BCUT2D eigenvalue weighted by Gasteiger charge is -2.46. The first-order chi connectivity index (χ1) is 20.7.